The van der Waals surface area contributed by atoms with Crippen molar-refractivity contribution in [1.82, 2.24) is 0 Å². The Balaban J connectivity index is 1.97. The van der Waals surface area contributed by atoms with Crippen LogP contribution < -0.4 is 0 Å². The van der Waals surface area contributed by atoms with Crippen molar-refractivity contribution in [2.24, 2.45) is 0 Å². The van der Waals surface area contributed by atoms with Gasteiger partial charge in [0.2, 0.25) is 5.78 Å². The number of rotatable bonds is 5. The minimum atomic E-state index is -0.851. The van der Waals surface area contributed by atoms with Gasteiger partial charge < -0.3 is 9.15 Å². The summed E-state index contributed by atoms with van der Waals surface area (Å²) in [7, 11) is 0. The number of hydrogen-bond acceptors (Lipinski definition) is 4. The largest absolute Gasteiger partial charge is 0.462 e. The van der Waals surface area contributed by atoms with E-state index in [2.05, 4.69) is 20.8 Å². The molecular weight excluding hydrogens is 316 g/mol. The maximum atomic E-state index is 12.4. The molecule has 1 heterocycles. The molecule has 1 atom stereocenters. The van der Waals surface area contributed by atoms with Crippen molar-refractivity contribution < 1.29 is 18.7 Å². The Morgan fingerprint density at radius 2 is 1.72 bits per heavy atom. The maximum Gasteiger partial charge on any atom is 0.331 e. The molecule has 0 spiro atoms. The molecule has 0 amide bonds. The molecule has 0 aliphatic heterocycles. The highest BCUT2D eigenvalue weighted by atomic mass is 16.5. The molecule has 0 bridgehead atoms. The molecule has 1 aromatic heterocycles. The van der Waals surface area contributed by atoms with Crippen LogP contribution in [0.1, 0.15) is 55.1 Å². The average molecular weight is 340 g/mol. The molecule has 0 saturated carbocycles. The van der Waals surface area contributed by atoms with Gasteiger partial charge in [-0.05, 0) is 43.0 Å². The zero-order valence-electron chi connectivity index (χ0n) is 15.3. The third-order valence-electron chi connectivity index (χ3n) is 3.84. The number of ketones is 1. The van der Waals surface area contributed by atoms with Gasteiger partial charge >= 0.3 is 5.97 Å². The monoisotopic (exact) mass is 340 g/mol. The van der Waals surface area contributed by atoms with Gasteiger partial charge in [-0.2, -0.15) is 0 Å². The van der Waals surface area contributed by atoms with Gasteiger partial charge in [0.15, 0.2) is 6.10 Å². The molecule has 0 radical (unpaired) electrons. The average Bonchev–Trinajstić information content (AvgIpc) is 2.97. The lowest BCUT2D eigenvalue weighted by atomic mass is 9.86. The summed E-state index contributed by atoms with van der Waals surface area (Å²) >= 11 is 0. The van der Waals surface area contributed by atoms with E-state index >= 15 is 0 Å². The van der Waals surface area contributed by atoms with Crippen molar-refractivity contribution in [3.63, 3.8) is 0 Å². The predicted molar refractivity (Wildman–Crippen MR) is 97.5 cm³/mol. The third-order valence-corrected chi connectivity index (χ3v) is 3.84. The van der Waals surface area contributed by atoms with Crippen molar-refractivity contribution >= 4 is 17.8 Å². The van der Waals surface area contributed by atoms with Crippen molar-refractivity contribution in [3.05, 3.63) is 65.1 Å². The first-order valence-electron chi connectivity index (χ1n) is 8.27. The SMILES string of the molecule is Cc1ccc(/C=C/C(=O)OC(C)C(=O)c2ccc(C(C)(C)C)cc2)o1. The lowest BCUT2D eigenvalue weighted by Gasteiger charge is -2.19. The van der Waals surface area contributed by atoms with Crippen LogP contribution in [0.4, 0.5) is 0 Å². The van der Waals surface area contributed by atoms with Gasteiger partial charge in [-0.3, -0.25) is 4.79 Å². The second-order valence-electron chi connectivity index (χ2n) is 7.05. The first kappa shape index (κ1) is 18.7. The second-order valence-corrected chi connectivity index (χ2v) is 7.05. The molecule has 0 saturated heterocycles. The van der Waals surface area contributed by atoms with Gasteiger partial charge in [0.25, 0.3) is 0 Å². The van der Waals surface area contributed by atoms with E-state index in [0.29, 0.717) is 11.3 Å². The van der Waals surface area contributed by atoms with E-state index in [1.54, 1.807) is 31.2 Å². The Morgan fingerprint density at radius 3 is 2.24 bits per heavy atom. The molecule has 2 rings (SSSR count). The fourth-order valence-corrected chi connectivity index (χ4v) is 2.33. The fraction of sp³-hybridized carbons (Fsp3) is 0.333. The van der Waals surface area contributed by atoms with Gasteiger partial charge in [0.1, 0.15) is 11.5 Å². The highest BCUT2D eigenvalue weighted by Crippen LogP contribution is 2.22. The molecule has 132 valence electrons. The summed E-state index contributed by atoms with van der Waals surface area (Å²) in [4.78, 5) is 24.3. The highest BCUT2D eigenvalue weighted by molar-refractivity contribution is 6.01. The lowest BCUT2D eigenvalue weighted by molar-refractivity contribution is -0.140. The van der Waals surface area contributed by atoms with Gasteiger partial charge in [-0.15, -0.1) is 0 Å². The van der Waals surface area contributed by atoms with Gasteiger partial charge in [0, 0.05) is 11.6 Å². The number of furan rings is 1. The molecule has 25 heavy (non-hydrogen) atoms. The summed E-state index contributed by atoms with van der Waals surface area (Å²) in [6.45, 7) is 9.73. The van der Waals surface area contributed by atoms with Crippen molar-refractivity contribution in [1.29, 1.82) is 0 Å². The van der Waals surface area contributed by atoms with E-state index in [0.717, 1.165) is 11.3 Å². The van der Waals surface area contributed by atoms with Crippen molar-refractivity contribution in [2.45, 2.75) is 46.1 Å². The van der Waals surface area contributed by atoms with E-state index in [9.17, 15) is 9.59 Å². The lowest BCUT2D eigenvalue weighted by Crippen LogP contribution is -2.23. The predicted octanol–water partition coefficient (Wildman–Crippen LogP) is 4.71. The Morgan fingerprint density at radius 1 is 1.08 bits per heavy atom. The first-order valence-corrected chi connectivity index (χ1v) is 8.27. The number of hydrogen-bond donors (Lipinski definition) is 0. The van der Waals surface area contributed by atoms with E-state index in [-0.39, 0.29) is 11.2 Å². The standard InChI is InChI=1S/C21H24O4/c1-14-6-11-18(24-14)12-13-19(22)25-15(2)20(23)16-7-9-17(10-8-16)21(3,4)5/h6-13,15H,1-5H3/b13-12+. The van der Waals surface area contributed by atoms with E-state index in [1.165, 1.54) is 12.2 Å². The molecule has 1 unspecified atom stereocenters. The second kappa shape index (κ2) is 7.51. The molecule has 0 aliphatic rings. The van der Waals surface area contributed by atoms with E-state index < -0.39 is 12.1 Å². The number of esters is 1. The normalized spacial score (nSPS) is 13.0. The molecule has 4 heteroatoms. The van der Waals surface area contributed by atoms with Crippen LogP contribution in [-0.4, -0.2) is 17.9 Å². The van der Waals surface area contributed by atoms with Crippen LogP contribution >= 0.6 is 0 Å². The minimum Gasteiger partial charge on any atom is -0.462 e. The van der Waals surface area contributed by atoms with Crippen molar-refractivity contribution in [3.8, 4) is 0 Å². The zero-order chi connectivity index (χ0) is 18.6. The maximum absolute atomic E-state index is 12.4. The summed E-state index contributed by atoms with van der Waals surface area (Å²) in [5, 5.41) is 0. The van der Waals surface area contributed by atoms with Crippen LogP contribution in [0.5, 0.6) is 0 Å². The zero-order valence-corrected chi connectivity index (χ0v) is 15.3. The van der Waals surface area contributed by atoms with Gasteiger partial charge in [-0.1, -0.05) is 45.0 Å². The number of aryl methyl sites for hydroxylation is 1. The summed E-state index contributed by atoms with van der Waals surface area (Å²) in [6, 6.07) is 11.0. The van der Waals surface area contributed by atoms with E-state index in [1.807, 2.05) is 19.1 Å². The summed E-state index contributed by atoms with van der Waals surface area (Å²) in [5.41, 5.74) is 1.69. The van der Waals surface area contributed by atoms with Crippen LogP contribution in [-0.2, 0) is 14.9 Å². The Labute approximate surface area is 148 Å². The fourth-order valence-electron chi connectivity index (χ4n) is 2.33. The molecule has 0 fully saturated rings. The van der Waals surface area contributed by atoms with Crippen LogP contribution in [0, 0.1) is 6.92 Å². The Hall–Kier alpha value is -2.62. The number of Topliss-reactive ketones (excluding diaryl/α,β-unsaturated/α-hetero) is 1. The molecule has 1 aromatic carbocycles. The number of carbonyl (C=O) groups is 2. The molecule has 4 nitrogen and oxygen atoms in total. The summed E-state index contributed by atoms with van der Waals surface area (Å²) in [5.74, 6) is 0.513. The minimum absolute atomic E-state index is 0.0225. The smallest absolute Gasteiger partial charge is 0.331 e. The Kier molecular flexibility index (Phi) is 5.62. The van der Waals surface area contributed by atoms with E-state index in [4.69, 9.17) is 9.15 Å². The quantitative estimate of drug-likeness (QED) is 0.449. The Bertz CT molecular complexity index is 773. The van der Waals surface area contributed by atoms with Crippen molar-refractivity contribution in [2.75, 3.05) is 0 Å². The highest BCUT2D eigenvalue weighted by Gasteiger charge is 2.20. The van der Waals surface area contributed by atoms with Crippen LogP contribution in [0.3, 0.4) is 0 Å². The number of carbonyl (C=O) groups excluding carboxylic acids is 2. The molecule has 0 N–H and O–H groups in total. The molecule has 2 aromatic rings. The number of benzene rings is 1. The summed E-state index contributed by atoms with van der Waals surface area (Å²) < 4.78 is 10.5. The molecular formula is C21H24O4. The third kappa shape index (κ3) is 5.18. The first-order chi connectivity index (χ1) is 11.7. The topological polar surface area (TPSA) is 56.5 Å². The van der Waals surface area contributed by atoms with Crippen LogP contribution in [0.2, 0.25) is 0 Å². The molecule has 0 aliphatic carbocycles. The van der Waals surface area contributed by atoms with Gasteiger partial charge in [-0.25, -0.2) is 4.79 Å². The number of ether oxygens (including phenoxy) is 1. The van der Waals surface area contributed by atoms with Gasteiger partial charge in [0.05, 0.1) is 0 Å². The summed E-state index contributed by atoms with van der Waals surface area (Å²) in [6.07, 6.45) is 1.92. The van der Waals surface area contributed by atoms with Crippen LogP contribution in [0.15, 0.2) is 46.9 Å². The van der Waals surface area contributed by atoms with Crippen LogP contribution in [0.25, 0.3) is 6.08 Å².